The Hall–Kier alpha value is -1.36. The molecule has 0 aromatic heterocycles. The number of anilines is 1. The molecule has 1 heterocycles. The smallest absolute Gasteiger partial charge is 0.251 e. The van der Waals surface area contributed by atoms with Crippen molar-refractivity contribution in [2.75, 3.05) is 23.9 Å². The van der Waals surface area contributed by atoms with Crippen molar-refractivity contribution < 1.29 is 9.00 Å². The second kappa shape index (κ2) is 6.00. The first-order chi connectivity index (χ1) is 8.69. The van der Waals surface area contributed by atoms with Crippen molar-refractivity contribution >= 4 is 22.4 Å². The molecule has 2 N–H and O–H groups in total. The lowest BCUT2D eigenvalue weighted by Crippen LogP contribution is -2.29. The minimum atomic E-state index is -0.636. The molecule has 4 nitrogen and oxygen atoms in total. The van der Waals surface area contributed by atoms with Gasteiger partial charge >= 0.3 is 0 Å². The Morgan fingerprint density at radius 3 is 2.72 bits per heavy atom. The number of rotatable bonds is 3. The minimum absolute atomic E-state index is 0.0802. The number of carbonyl (C=O) groups excluding carboxylic acids is 1. The van der Waals surface area contributed by atoms with Crippen LogP contribution in [0.5, 0.6) is 0 Å². The van der Waals surface area contributed by atoms with Crippen molar-refractivity contribution in [2.45, 2.75) is 18.9 Å². The predicted octanol–water partition coefficient (Wildman–Crippen LogP) is 1.37. The van der Waals surface area contributed by atoms with E-state index < -0.39 is 10.8 Å². The van der Waals surface area contributed by atoms with E-state index in [1.807, 2.05) is 18.2 Å². The summed E-state index contributed by atoms with van der Waals surface area (Å²) in [5.41, 5.74) is 1.61. The first kappa shape index (κ1) is 13.1. The van der Waals surface area contributed by atoms with Crippen LogP contribution in [0.15, 0.2) is 24.3 Å². The van der Waals surface area contributed by atoms with Gasteiger partial charge < -0.3 is 10.6 Å². The maximum Gasteiger partial charge on any atom is 0.251 e. The fourth-order valence-corrected chi connectivity index (χ4v) is 3.37. The first-order valence-corrected chi connectivity index (χ1v) is 7.61. The molecule has 2 rings (SSSR count). The molecule has 0 bridgehead atoms. The molecule has 1 aromatic carbocycles. The molecule has 1 aromatic rings. The fraction of sp³-hybridized carbons (Fsp3) is 0.462. The van der Waals surface area contributed by atoms with E-state index in [1.54, 1.807) is 13.1 Å². The van der Waals surface area contributed by atoms with Crippen molar-refractivity contribution in [3.8, 4) is 0 Å². The zero-order valence-corrected chi connectivity index (χ0v) is 11.3. The molecule has 0 spiro atoms. The standard InChI is InChI=1S/C13H18N2O2S/c1-14-13(16)10-3-2-4-12(9-10)15-11-5-7-18(17)8-6-11/h2-4,9,11,15H,5-8H2,1H3,(H,14,16). The number of hydrogen-bond acceptors (Lipinski definition) is 3. The molecule has 0 aliphatic carbocycles. The molecule has 18 heavy (non-hydrogen) atoms. The summed E-state index contributed by atoms with van der Waals surface area (Å²) in [6.45, 7) is 0. The molecule has 1 saturated heterocycles. The van der Waals surface area contributed by atoms with Crippen molar-refractivity contribution in [1.29, 1.82) is 0 Å². The number of benzene rings is 1. The summed E-state index contributed by atoms with van der Waals surface area (Å²) in [7, 11) is 0.988. The van der Waals surface area contributed by atoms with Crippen molar-refractivity contribution in [1.82, 2.24) is 5.32 Å². The molecule has 1 aliphatic rings. The maximum atomic E-state index is 11.5. The SMILES string of the molecule is CNC(=O)c1cccc(NC2CCS(=O)CC2)c1. The Morgan fingerprint density at radius 1 is 1.33 bits per heavy atom. The van der Waals surface area contributed by atoms with Crippen LogP contribution in [0, 0.1) is 0 Å². The van der Waals surface area contributed by atoms with Gasteiger partial charge in [0.25, 0.3) is 5.91 Å². The van der Waals surface area contributed by atoms with Crippen LogP contribution in [0.4, 0.5) is 5.69 Å². The van der Waals surface area contributed by atoms with Gasteiger partial charge in [0, 0.05) is 46.6 Å². The van der Waals surface area contributed by atoms with E-state index in [1.165, 1.54) is 0 Å². The Kier molecular flexibility index (Phi) is 4.36. The Balaban J connectivity index is 2.01. The van der Waals surface area contributed by atoms with Crippen molar-refractivity contribution in [3.63, 3.8) is 0 Å². The van der Waals surface area contributed by atoms with Gasteiger partial charge in [-0.15, -0.1) is 0 Å². The van der Waals surface area contributed by atoms with Crippen molar-refractivity contribution in [2.24, 2.45) is 0 Å². The second-order valence-corrected chi connectivity index (χ2v) is 6.12. The maximum absolute atomic E-state index is 11.5. The highest BCUT2D eigenvalue weighted by Crippen LogP contribution is 2.17. The Labute approximate surface area is 110 Å². The molecule has 0 unspecified atom stereocenters. The Morgan fingerprint density at radius 2 is 2.06 bits per heavy atom. The minimum Gasteiger partial charge on any atom is -0.382 e. The van der Waals surface area contributed by atoms with Gasteiger partial charge in [0.2, 0.25) is 0 Å². The summed E-state index contributed by atoms with van der Waals surface area (Å²) in [5, 5.41) is 6.02. The van der Waals surface area contributed by atoms with E-state index in [0.29, 0.717) is 11.6 Å². The zero-order valence-electron chi connectivity index (χ0n) is 10.4. The van der Waals surface area contributed by atoms with Gasteiger partial charge in [0.1, 0.15) is 0 Å². The first-order valence-electron chi connectivity index (χ1n) is 6.12. The molecule has 98 valence electrons. The number of carbonyl (C=O) groups is 1. The Bertz CT molecular complexity index is 452. The summed E-state index contributed by atoms with van der Waals surface area (Å²) in [5.74, 6) is 1.46. The average Bonchev–Trinajstić information content (AvgIpc) is 2.41. The van der Waals surface area contributed by atoms with Gasteiger partial charge in [0.15, 0.2) is 0 Å². The molecular formula is C13H18N2O2S. The molecule has 0 saturated carbocycles. The summed E-state index contributed by atoms with van der Waals surface area (Å²) in [6.07, 6.45) is 1.85. The van der Waals surface area contributed by atoms with Gasteiger partial charge in [-0.2, -0.15) is 0 Å². The summed E-state index contributed by atoms with van der Waals surface area (Å²) in [6, 6.07) is 7.83. The van der Waals surface area contributed by atoms with Crippen LogP contribution in [-0.2, 0) is 10.8 Å². The largest absolute Gasteiger partial charge is 0.382 e. The van der Waals surface area contributed by atoms with Gasteiger partial charge in [0.05, 0.1) is 0 Å². The van der Waals surface area contributed by atoms with Gasteiger partial charge in [-0.3, -0.25) is 9.00 Å². The number of hydrogen-bond donors (Lipinski definition) is 2. The highest BCUT2D eigenvalue weighted by molar-refractivity contribution is 7.85. The number of amides is 1. The molecule has 0 radical (unpaired) electrons. The zero-order chi connectivity index (χ0) is 13.0. The predicted molar refractivity (Wildman–Crippen MR) is 74.4 cm³/mol. The molecule has 1 amide bonds. The highest BCUT2D eigenvalue weighted by atomic mass is 32.2. The molecule has 1 fully saturated rings. The lowest BCUT2D eigenvalue weighted by molar-refractivity contribution is 0.0963. The lowest BCUT2D eigenvalue weighted by Gasteiger charge is -2.23. The van der Waals surface area contributed by atoms with Crippen LogP contribution in [0.3, 0.4) is 0 Å². The highest BCUT2D eigenvalue weighted by Gasteiger charge is 2.17. The van der Waals surface area contributed by atoms with Crippen LogP contribution in [-0.4, -0.2) is 34.7 Å². The van der Waals surface area contributed by atoms with E-state index in [0.717, 1.165) is 30.0 Å². The monoisotopic (exact) mass is 266 g/mol. The third-order valence-electron chi connectivity index (χ3n) is 3.11. The van der Waals surface area contributed by atoms with Crippen LogP contribution >= 0.6 is 0 Å². The average molecular weight is 266 g/mol. The van der Waals surface area contributed by atoms with Crippen LogP contribution in [0.1, 0.15) is 23.2 Å². The normalized spacial score (nSPS) is 23.4. The topological polar surface area (TPSA) is 58.2 Å². The third kappa shape index (κ3) is 3.32. The fourth-order valence-electron chi connectivity index (χ4n) is 2.07. The summed E-state index contributed by atoms with van der Waals surface area (Å²) in [4.78, 5) is 11.5. The van der Waals surface area contributed by atoms with E-state index in [2.05, 4.69) is 10.6 Å². The summed E-state index contributed by atoms with van der Waals surface area (Å²) < 4.78 is 11.3. The van der Waals surface area contributed by atoms with E-state index >= 15 is 0 Å². The van der Waals surface area contributed by atoms with E-state index in [9.17, 15) is 9.00 Å². The number of nitrogens with one attached hydrogen (secondary N) is 2. The van der Waals surface area contributed by atoms with Crippen LogP contribution in [0.25, 0.3) is 0 Å². The molecular weight excluding hydrogens is 248 g/mol. The molecule has 0 atom stereocenters. The molecule has 5 heteroatoms. The quantitative estimate of drug-likeness (QED) is 0.868. The van der Waals surface area contributed by atoms with Gasteiger partial charge in [-0.1, -0.05) is 6.07 Å². The van der Waals surface area contributed by atoms with E-state index in [-0.39, 0.29) is 5.91 Å². The summed E-state index contributed by atoms with van der Waals surface area (Å²) >= 11 is 0. The second-order valence-electron chi connectivity index (χ2n) is 4.43. The lowest BCUT2D eigenvalue weighted by atomic mass is 10.1. The van der Waals surface area contributed by atoms with Crippen LogP contribution in [0.2, 0.25) is 0 Å². The van der Waals surface area contributed by atoms with Crippen LogP contribution < -0.4 is 10.6 Å². The van der Waals surface area contributed by atoms with Gasteiger partial charge in [-0.05, 0) is 31.0 Å². The van der Waals surface area contributed by atoms with Crippen molar-refractivity contribution in [3.05, 3.63) is 29.8 Å². The molecule has 1 aliphatic heterocycles. The van der Waals surface area contributed by atoms with Gasteiger partial charge in [-0.25, -0.2) is 0 Å². The van der Waals surface area contributed by atoms with E-state index in [4.69, 9.17) is 0 Å². The third-order valence-corrected chi connectivity index (χ3v) is 4.49.